The summed E-state index contributed by atoms with van der Waals surface area (Å²) in [5.74, 6) is 6.24. The van der Waals surface area contributed by atoms with E-state index in [0.717, 1.165) is 5.56 Å². The number of nitrogens with zero attached hydrogens (tertiary/aromatic N) is 4. The highest BCUT2D eigenvalue weighted by Crippen LogP contribution is 2.21. The summed E-state index contributed by atoms with van der Waals surface area (Å²) in [6.45, 7) is 1.43. The fourth-order valence-corrected chi connectivity index (χ4v) is 2.89. The number of carbonyl (C=O) groups is 2. The average molecular weight is 383 g/mol. The summed E-state index contributed by atoms with van der Waals surface area (Å²) in [5, 5.41) is 13.9. The lowest BCUT2D eigenvalue weighted by Crippen LogP contribution is -2.16. The van der Waals surface area contributed by atoms with Crippen molar-refractivity contribution in [3.8, 4) is 11.4 Å². The van der Waals surface area contributed by atoms with Gasteiger partial charge in [-0.25, -0.2) is 4.68 Å². The molecule has 2 aromatic heterocycles. The first-order chi connectivity index (χ1) is 13.0. The zero-order valence-corrected chi connectivity index (χ0v) is 15.2. The first-order valence-corrected chi connectivity index (χ1v) is 8.92. The average Bonchev–Trinajstić information content (AvgIpc) is 3.02. The maximum absolute atomic E-state index is 12.1. The van der Waals surface area contributed by atoms with Crippen LogP contribution in [0.3, 0.4) is 0 Å². The number of nitrogens with one attached hydrogen (secondary N) is 2. The molecular weight excluding hydrogens is 366 g/mol. The molecule has 3 aromatic rings. The van der Waals surface area contributed by atoms with Crippen molar-refractivity contribution >= 4 is 35.0 Å². The third-order valence-corrected chi connectivity index (χ3v) is 4.35. The van der Waals surface area contributed by atoms with Gasteiger partial charge in [0.05, 0.1) is 5.75 Å². The molecule has 0 aliphatic rings. The van der Waals surface area contributed by atoms with Gasteiger partial charge in [-0.1, -0.05) is 11.8 Å². The zero-order chi connectivity index (χ0) is 19.2. The first-order valence-electron chi connectivity index (χ1n) is 7.94. The van der Waals surface area contributed by atoms with Gasteiger partial charge in [-0.05, 0) is 36.4 Å². The Kier molecular flexibility index (Phi) is 5.67. The number of anilines is 2. The molecule has 1 aromatic carbocycles. The number of amides is 2. The Labute approximate surface area is 159 Å². The Bertz CT molecular complexity index is 942. The Hall–Kier alpha value is -3.40. The fourth-order valence-electron chi connectivity index (χ4n) is 2.23. The Morgan fingerprint density at radius 1 is 1.11 bits per heavy atom. The topological polar surface area (TPSA) is 128 Å². The van der Waals surface area contributed by atoms with E-state index in [1.165, 1.54) is 23.4 Å². The molecular formula is C17H17N7O2S. The van der Waals surface area contributed by atoms with E-state index in [4.69, 9.17) is 5.84 Å². The van der Waals surface area contributed by atoms with E-state index >= 15 is 0 Å². The SMILES string of the molecule is CC(=O)Nc1ccc(NC(=O)CSc2nnc(-c3cccnc3)n2N)cc1. The molecule has 0 spiro atoms. The van der Waals surface area contributed by atoms with E-state index < -0.39 is 0 Å². The van der Waals surface area contributed by atoms with Gasteiger partial charge in [0.25, 0.3) is 0 Å². The second kappa shape index (κ2) is 8.32. The molecule has 2 amide bonds. The Balaban J connectivity index is 1.57. The second-order valence-corrected chi connectivity index (χ2v) is 6.46. The number of rotatable bonds is 6. The summed E-state index contributed by atoms with van der Waals surface area (Å²) in [4.78, 5) is 27.2. The maximum Gasteiger partial charge on any atom is 0.234 e. The Morgan fingerprint density at radius 3 is 2.44 bits per heavy atom. The molecule has 9 nitrogen and oxygen atoms in total. The number of carbonyl (C=O) groups excluding carboxylic acids is 2. The van der Waals surface area contributed by atoms with Crippen LogP contribution in [0.25, 0.3) is 11.4 Å². The monoisotopic (exact) mass is 383 g/mol. The van der Waals surface area contributed by atoms with Gasteiger partial charge in [-0.3, -0.25) is 14.6 Å². The zero-order valence-electron chi connectivity index (χ0n) is 14.4. The second-order valence-electron chi connectivity index (χ2n) is 5.51. The van der Waals surface area contributed by atoms with Crippen LogP contribution in [0.2, 0.25) is 0 Å². The van der Waals surface area contributed by atoms with Gasteiger partial charge in [0.2, 0.25) is 17.0 Å². The van der Waals surface area contributed by atoms with Crippen LogP contribution in [0.4, 0.5) is 11.4 Å². The van der Waals surface area contributed by atoms with Crippen LogP contribution in [0.15, 0.2) is 53.9 Å². The number of benzene rings is 1. The number of hydrogen-bond acceptors (Lipinski definition) is 7. The first kappa shape index (κ1) is 18.4. The van der Waals surface area contributed by atoms with Gasteiger partial charge < -0.3 is 16.5 Å². The summed E-state index contributed by atoms with van der Waals surface area (Å²) in [6.07, 6.45) is 3.29. The third-order valence-electron chi connectivity index (χ3n) is 3.41. The molecule has 4 N–H and O–H groups in total. The molecule has 10 heteroatoms. The summed E-state index contributed by atoms with van der Waals surface area (Å²) in [6, 6.07) is 10.4. The molecule has 0 fully saturated rings. The molecule has 0 saturated carbocycles. The van der Waals surface area contributed by atoms with E-state index in [9.17, 15) is 9.59 Å². The molecule has 27 heavy (non-hydrogen) atoms. The predicted molar refractivity (Wildman–Crippen MR) is 104 cm³/mol. The minimum Gasteiger partial charge on any atom is -0.335 e. The maximum atomic E-state index is 12.1. The van der Waals surface area contributed by atoms with E-state index in [0.29, 0.717) is 22.4 Å². The van der Waals surface area contributed by atoms with Gasteiger partial charge in [0.1, 0.15) is 0 Å². The highest BCUT2D eigenvalue weighted by molar-refractivity contribution is 7.99. The van der Waals surface area contributed by atoms with E-state index in [1.807, 2.05) is 6.07 Å². The van der Waals surface area contributed by atoms with Crippen LogP contribution in [0, 0.1) is 0 Å². The number of thioether (sulfide) groups is 1. The van der Waals surface area contributed by atoms with Crippen molar-refractivity contribution in [2.45, 2.75) is 12.1 Å². The van der Waals surface area contributed by atoms with Crippen LogP contribution in [-0.4, -0.2) is 37.4 Å². The molecule has 0 radical (unpaired) electrons. The summed E-state index contributed by atoms with van der Waals surface area (Å²) < 4.78 is 1.33. The number of nitrogens with two attached hydrogens (primary N) is 1. The lowest BCUT2D eigenvalue weighted by molar-refractivity contribution is -0.114. The van der Waals surface area contributed by atoms with Crippen LogP contribution in [0.5, 0.6) is 0 Å². The lowest BCUT2D eigenvalue weighted by Gasteiger charge is -2.07. The van der Waals surface area contributed by atoms with Gasteiger partial charge in [-0.15, -0.1) is 10.2 Å². The molecule has 138 valence electrons. The highest BCUT2D eigenvalue weighted by Gasteiger charge is 2.14. The smallest absolute Gasteiger partial charge is 0.234 e. The van der Waals surface area contributed by atoms with Crippen LogP contribution in [0.1, 0.15) is 6.92 Å². The van der Waals surface area contributed by atoms with Crippen molar-refractivity contribution in [1.82, 2.24) is 19.9 Å². The van der Waals surface area contributed by atoms with Crippen molar-refractivity contribution < 1.29 is 9.59 Å². The van der Waals surface area contributed by atoms with Gasteiger partial charge >= 0.3 is 0 Å². The number of aromatic nitrogens is 4. The summed E-state index contributed by atoms with van der Waals surface area (Å²) in [5.41, 5.74) is 2.03. The summed E-state index contributed by atoms with van der Waals surface area (Å²) in [7, 11) is 0. The van der Waals surface area contributed by atoms with Gasteiger partial charge in [-0.2, -0.15) is 0 Å². The highest BCUT2D eigenvalue weighted by atomic mass is 32.2. The molecule has 2 heterocycles. The van der Waals surface area contributed by atoms with Crippen LogP contribution >= 0.6 is 11.8 Å². The Morgan fingerprint density at radius 2 is 1.81 bits per heavy atom. The molecule has 3 rings (SSSR count). The van der Waals surface area contributed by atoms with Crippen molar-refractivity contribution in [1.29, 1.82) is 0 Å². The van der Waals surface area contributed by atoms with E-state index in [-0.39, 0.29) is 17.6 Å². The minimum absolute atomic E-state index is 0.121. The third kappa shape index (κ3) is 4.82. The van der Waals surface area contributed by atoms with Gasteiger partial charge in [0.15, 0.2) is 5.82 Å². The fraction of sp³-hybridized carbons (Fsp3) is 0.118. The molecule has 0 bridgehead atoms. The minimum atomic E-state index is -0.210. The number of nitrogen functional groups attached to an aromatic ring is 1. The van der Waals surface area contributed by atoms with E-state index in [2.05, 4.69) is 25.8 Å². The largest absolute Gasteiger partial charge is 0.335 e. The predicted octanol–water partition coefficient (Wildman–Crippen LogP) is 1.74. The number of hydrogen-bond donors (Lipinski definition) is 3. The quantitative estimate of drug-likeness (QED) is 0.437. The molecule has 0 saturated heterocycles. The standard InChI is InChI=1S/C17H17N7O2S/c1-11(25)20-13-4-6-14(7-5-13)21-15(26)10-27-17-23-22-16(24(17)18)12-3-2-8-19-9-12/h2-9H,10,18H2,1H3,(H,20,25)(H,21,26). The van der Waals surface area contributed by atoms with Crippen LogP contribution < -0.4 is 16.5 Å². The van der Waals surface area contributed by atoms with Crippen molar-refractivity contribution in [3.05, 3.63) is 48.8 Å². The van der Waals surface area contributed by atoms with E-state index in [1.54, 1.807) is 42.7 Å². The molecule has 0 atom stereocenters. The van der Waals surface area contributed by atoms with Crippen molar-refractivity contribution in [2.24, 2.45) is 0 Å². The van der Waals surface area contributed by atoms with Gasteiger partial charge in [0, 0.05) is 36.3 Å². The van der Waals surface area contributed by atoms with Crippen molar-refractivity contribution in [2.75, 3.05) is 22.2 Å². The lowest BCUT2D eigenvalue weighted by atomic mass is 10.3. The molecule has 0 aliphatic heterocycles. The normalized spacial score (nSPS) is 10.4. The summed E-state index contributed by atoms with van der Waals surface area (Å²) >= 11 is 1.18. The van der Waals surface area contributed by atoms with Crippen LogP contribution in [-0.2, 0) is 9.59 Å². The van der Waals surface area contributed by atoms with Crippen molar-refractivity contribution in [3.63, 3.8) is 0 Å². The molecule has 0 unspecified atom stereocenters. The molecule has 0 aliphatic carbocycles. The number of pyridine rings is 1.